The Kier molecular flexibility index (Phi) is 8.13. The van der Waals surface area contributed by atoms with Crippen LogP contribution < -0.4 is 5.32 Å². The van der Waals surface area contributed by atoms with Crippen molar-refractivity contribution in [1.82, 2.24) is 20.1 Å². The van der Waals surface area contributed by atoms with E-state index in [1.165, 1.54) is 32.1 Å². The van der Waals surface area contributed by atoms with Crippen molar-refractivity contribution in [2.75, 3.05) is 32.7 Å². The summed E-state index contributed by atoms with van der Waals surface area (Å²) in [5.74, 6) is 0.544. The Bertz CT molecular complexity index is 1250. The zero-order chi connectivity index (χ0) is 25.6. The maximum Gasteiger partial charge on any atom is 0.252 e. The van der Waals surface area contributed by atoms with Gasteiger partial charge in [0.25, 0.3) is 5.91 Å². The minimum atomic E-state index is 0.00645. The molecule has 2 fully saturated rings. The number of fused-ring (bicyclic) bond motifs is 1. The summed E-state index contributed by atoms with van der Waals surface area (Å²) in [7, 11) is 0. The fourth-order valence-corrected chi connectivity index (χ4v) is 5.96. The molecule has 1 aliphatic carbocycles. The monoisotopic (exact) mass is 495 g/mol. The van der Waals surface area contributed by atoms with Crippen LogP contribution in [-0.2, 0) is 6.54 Å². The van der Waals surface area contributed by atoms with E-state index in [0.717, 1.165) is 59.5 Å². The number of hydrogen-bond donors (Lipinski definition) is 1. The third-order valence-electron chi connectivity index (χ3n) is 8.12. The van der Waals surface area contributed by atoms with Gasteiger partial charge in [0.1, 0.15) is 0 Å². The second-order valence-electron chi connectivity index (χ2n) is 10.6. The van der Waals surface area contributed by atoms with E-state index in [9.17, 15) is 4.79 Å². The maximum atomic E-state index is 14.1. The number of amides is 1. The second kappa shape index (κ2) is 11.9. The number of nitrogens with zero attached hydrogens (tertiary/aromatic N) is 4. The first-order valence-electron chi connectivity index (χ1n) is 13.7. The number of benzene rings is 2. The number of nitrogens with one attached hydrogen (secondary N) is 1. The Morgan fingerprint density at radius 1 is 1.00 bits per heavy atom. The number of hydrogen-bond acceptors (Lipinski definition) is 5. The lowest BCUT2D eigenvalue weighted by atomic mass is 9.84. The molecule has 2 aromatic carbocycles. The van der Waals surface area contributed by atoms with Crippen LogP contribution in [0, 0.1) is 17.2 Å². The van der Waals surface area contributed by atoms with Crippen LogP contribution >= 0.6 is 0 Å². The molecule has 1 aliphatic heterocycles. The normalized spacial score (nSPS) is 18.4. The molecule has 6 heteroatoms. The molecule has 1 saturated carbocycles. The Hall–Kier alpha value is -3.27. The van der Waals surface area contributed by atoms with Crippen molar-refractivity contribution in [2.24, 2.45) is 5.92 Å². The lowest BCUT2D eigenvalue weighted by molar-refractivity contribution is 0.0917. The number of para-hydroxylation sites is 1. The highest BCUT2D eigenvalue weighted by molar-refractivity contribution is 6.09. The number of nitriles is 1. The van der Waals surface area contributed by atoms with Crippen molar-refractivity contribution >= 4 is 16.8 Å². The van der Waals surface area contributed by atoms with Gasteiger partial charge in [0.05, 0.1) is 29.4 Å². The van der Waals surface area contributed by atoms with Gasteiger partial charge in [0.2, 0.25) is 0 Å². The molecule has 1 amide bonds. The average Bonchev–Trinajstić information content (AvgIpc) is 2.94. The Labute approximate surface area is 220 Å². The molecule has 37 heavy (non-hydrogen) atoms. The van der Waals surface area contributed by atoms with E-state index in [1.807, 2.05) is 42.5 Å². The van der Waals surface area contributed by atoms with E-state index in [0.29, 0.717) is 19.0 Å². The van der Waals surface area contributed by atoms with Crippen molar-refractivity contribution in [3.05, 3.63) is 65.7 Å². The largest absolute Gasteiger partial charge is 0.349 e. The third-order valence-corrected chi connectivity index (χ3v) is 8.12. The van der Waals surface area contributed by atoms with Crippen molar-refractivity contribution in [1.29, 1.82) is 5.26 Å². The molecule has 3 aromatic rings. The summed E-state index contributed by atoms with van der Waals surface area (Å²) in [5, 5.41) is 13.4. The number of carbonyl (C=O) groups excluding carboxylic acids is 1. The molecule has 192 valence electrons. The molecule has 5 rings (SSSR count). The summed E-state index contributed by atoms with van der Waals surface area (Å²) in [6.45, 7) is 6.73. The first kappa shape index (κ1) is 25.4. The SMILES string of the molecule is C[C@H](NC(=O)c1c(CN2CCN(CC#N)CC2)c(-c2ccccc2)nc2ccccc12)C1CCCCC1. The zero-order valence-corrected chi connectivity index (χ0v) is 21.8. The van der Waals surface area contributed by atoms with Crippen molar-refractivity contribution in [2.45, 2.75) is 51.6 Å². The van der Waals surface area contributed by atoms with Gasteiger partial charge in [-0.1, -0.05) is 67.8 Å². The van der Waals surface area contributed by atoms with Gasteiger partial charge in [0.15, 0.2) is 0 Å². The van der Waals surface area contributed by atoms with E-state index < -0.39 is 0 Å². The molecule has 6 nitrogen and oxygen atoms in total. The van der Waals surface area contributed by atoms with Crippen LogP contribution in [0.5, 0.6) is 0 Å². The zero-order valence-electron chi connectivity index (χ0n) is 21.8. The average molecular weight is 496 g/mol. The molecule has 0 unspecified atom stereocenters. The number of rotatable bonds is 7. The van der Waals surface area contributed by atoms with Crippen LogP contribution in [0.2, 0.25) is 0 Å². The highest BCUT2D eigenvalue weighted by Gasteiger charge is 2.28. The fourth-order valence-electron chi connectivity index (χ4n) is 5.96. The third kappa shape index (κ3) is 5.84. The summed E-state index contributed by atoms with van der Waals surface area (Å²) in [6, 6.07) is 20.7. The predicted molar refractivity (Wildman–Crippen MR) is 148 cm³/mol. The van der Waals surface area contributed by atoms with E-state index in [-0.39, 0.29) is 11.9 Å². The highest BCUT2D eigenvalue weighted by Crippen LogP contribution is 2.32. The van der Waals surface area contributed by atoms with Crippen LogP contribution in [0.25, 0.3) is 22.2 Å². The summed E-state index contributed by atoms with van der Waals surface area (Å²) >= 11 is 0. The fraction of sp³-hybridized carbons (Fsp3) is 0.452. The molecule has 0 bridgehead atoms. The van der Waals surface area contributed by atoms with Crippen LogP contribution in [0.1, 0.15) is 54.9 Å². The molecule has 1 aromatic heterocycles. The molecule has 0 radical (unpaired) electrons. The standard InChI is InChI=1S/C31H37N5O/c1-23(24-10-4-2-5-11-24)33-31(37)29-26-14-8-9-15-28(26)34-30(25-12-6-3-7-13-25)27(29)22-36-20-18-35(17-16-32)19-21-36/h3,6-9,12-15,23-24H,2,4-5,10-11,17-22H2,1H3,(H,33,37)/t23-/m0/s1. The molecular formula is C31H37N5O. The molecule has 1 saturated heterocycles. The summed E-state index contributed by atoms with van der Waals surface area (Å²) in [4.78, 5) is 23.8. The first-order valence-corrected chi connectivity index (χ1v) is 13.7. The number of aromatic nitrogens is 1. The number of piperazine rings is 1. The Morgan fingerprint density at radius 3 is 2.41 bits per heavy atom. The topological polar surface area (TPSA) is 72.3 Å². The molecule has 2 aliphatic rings. The smallest absolute Gasteiger partial charge is 0.252 e. The van der Waals surface area contributed by atoms with Crippen molar-refractivity contribution in [3.63, 3.8) is 0 Å². The van der Waals surface area contributed by atoms with E-state index >= 15 is 0 Å². The van der Waals surface area contributed by atoms with Gasteiger partial charge in [-0.3, -0.25) is 14.6 Å². The lowest BCUT2D eigenvalue weighted by Gasteiger charge is -2.34. The lowest BCUT2D eigenvalue weighted by Crippen LogP contribution is -2.46. The highest BCUT2D eigenvalue weighted by atomic mass is 16.1. The first-order chi connectivity index (χ1) is 18.1. The second-order valence-corrected chi connectivity index (χ2v) is 10.6. The summed E-state index contributed by atoms with van der Waals surface area (Å²) in [5.41, 5.74) is 4.51. The predicted octanol–water partition coefficient (Wildman–Crippen LogP) is 5.24. The molecule has 2 heterocycles. The van der Waals surface area contributed by atoms with Crippen LogP contribution in [0.3, 0.4) is 0 Å². The number of carbonyl (C=O) groups is 1. The molecule has 1 atom stereocenters. The van der Waals surface area contributed by atoms with E-state index in [1.54, 1.807) is 0 Å². The summed E-state index contributed by atoms with van der Waals surface area (Å²) < 4.78 is 0. The molecule has 1 N–H and O–H groups in total. The molecular weight excluding hydrogens is 458 g/mol. The molecule has 0 spiro atoms. The van der Waals surface area contributed by atoms with Gasteiger partial charge in [-0.05, 0) is 31.7 Å². The Balaban J connectivity index is 1.54. The maximum absolute atomic E-state index is 14.1. The number of pyridine rings is 1. The van der Waals surface area contributed by atoms with Gasteiger partial charge in [0, 0.05) is 55.3 Å². The van der Waals surface area contributed by atoms with E-state index in [2.05, 4.69) is 40.2 Å². The summed E-state index contributed by atoms with van der Waals surface area (Å²) in [6.07, 6.45) is 6.19. The van der Waals surface area contributed by atoms with Gasteiger partial charge in [-0.2, -0.15) is 5.26 Å². The van der Waals surface area contributed by atoms with E-state index in [4.69, 9.17) is 10.2 Å². The van der Waals surface area contributed by atoms with Gasteiger partial charge < -0.3 is 5.32 Å². The van der Waals surface area contributed by atoms with Crippen molar-refractivity contribution < 1.29 is 4.79 Å². The minimum absolute atomic E-state index is 0.00645. The van der Waals surface area contributed by atoms with Crippen LogP contribution in [0.4, 0.5) is 0 Å². The Morgan fingerprint density at radius 2 is 1.68 bits per heavy atom. The quantitative estimate of drug-likeness (QED) is 0.454. The van der Waals surface area contributed by atoms with Crippen molar-refractivity contribution in [3.8, 4) is 17.3 Å². The van der Waals surface area contributed by atoms with Gasteiger partial charge in [-0.15, -0.1) is 0 Å². The van der Waals surface area contributed by atoms with Gasteiger partial charge in [-0.25, -0.2) is 4.98 Å². The minimum Gasteiger partial charge on any atom is -0.349 e. The van der Waals surface area contributed by atoms with Gasteiger partial charge >= 0.3 is 0 Å². The van der Waals surface area contributed by atoms with Crippen LogP contribution in [0.15, 0.2) is 54.6 Å². The van der Waals surface area contributed by atoms with Crippen LogP contribution in [-0.4, -0.2) is 59.5 Å².